The Bertz CT molecular complexity index is 206. The van der Waals surface area contributed by atoms with Crippen molar-refractivity contribution >= 4 is 5.91 Å². The summed E-state index contributed by atoms with van der Waals surface area (Å²) in [5.41, 5.74) is 0. The lowest BCUT2D eigenvalue weighted by atomic mass is 10.2. The highest BCUT2D eigenvalue weighted by molar-refractivity contribution is 5.75. The van der Waals surface area contributed by atoms with E-state index in [9.17, 15) is 4.79 Å². The second kappa shape index (κ2) is 6.08. The number of nitrogens with one attached hydrogen (secondary N) is 1. The number of nitrogens with zero attached hydrogens (tertiary/aromatic N) is 2. The van der Waals surface area contributed by atoms with Crippen molar-refractivity contribution in [1.82, 2.24) is 15.1 Å². The van der Waals surface area contributed by atoms with Crippen molar-refractivity contribution in [3.63, 3.8) is 0 Å². The van der Waals surface area contributed by atoms with Crippen LogP contribution in [0.5, 0.6) is 0 Å². The van der Waals surface area contributed by atoms with Crippen LogP contribution in [0.1, 0.15) is 19.3 Å². The van der Waals surface area contributed by atoms with Gasteiger partial charge in [0.2, 0.25) is 5.91 Å². The van der Waals surface area contributed by atoms with E-state index in [2.05, 4.69) is 17.3 Å². The normalized spacial score (nSPS) is 21.9. The van der Waals surface area contributed by atoms with Crippen molar-refractivity contribution in [3.8, 4) is 0 Å². The summed E-state index contributed by atoms with van der Waals surface area (Å²) >= 11 is 0. The van der Waals surface area contributed by atoms with Crippen LogP contribution in [0, 0.1) is 0 Å². The van der Waals surface area contributed by atoms with Gasteiger partial charge in [-0.1, -0.05) is 0 Å². The number of likely N-dealkylation sites (N-methyl/N-ethyl adjacent to an activating group) is 1. The molecule has 4 heteroatoms. The van der Waals surface area contributed by atoms with Crippen molar-refractivity contribution in [2.45, 2.75) is 25.3 Å². The molecule has 0 aromatic carbocycles. The van der Waals surface area contributed by atoms with Crippen LogP contribution in [0.3, 0.4) is 0 Å². The first kappa shape index (κ1) is 12.5. The van der Waals surface area contributed by atoms with Crippen LogP contribution in [-0.4, -0.2) is 62.5 Å². The summed E-state index contributed by atoms with van der Waals surface area (Å²) < 4.78 is 0. The Balaban J connectivity index is 2.04. The zero-order valence-corrected chi connectivity index (χ0v) is 10.1. The predicted octanol–water partition coefficient (Wildman–Crippen LogP) is 0.149. The summed E-state index contributed by atoms with van der Waals surface area (Å²) in [4.78, 5) is 15.3. The molecule has 0 saturated carbocycles. The monoisotopic (exact) mass is 213 g/mol. The molecule has 1 fully saturated rings. The van der Waals surface area contributed by atoms with E-state index >= 15 is 0 Å². The van der Waals surface area contributed by atoms with Gasteiger partial charge < -0.3 is 15.1 Å². The fourth-order valence-electron chi connectivity index (χ4n) is 1.92. The topological polar surface area (TPSA) is 35.6 Å². The maximum absolute atomic E-state index is 11.3. The highest BCUT2D eigenvalue weighted by atomic mass is 16.2. The van der Waals surface area contributed by atoms with Gasteiger partial charge in [-0.2, -0.15) is 0 Å². The maximum atomic E-state index is 11.3. The molecule has 1 unspecified atom stereocenters. The van der Waals surface area contributed by atoms with Gasteiger partial charge in [-0.15, -0.1) is 0 Å². The summed E-state index contributed by atoms with van der Waals surface area (Å²) in [7, 11) is 5.77. The summed E-state index contributed by atoms with van der Waals surface area (Å²) in [5, 5.41) is 3.35. The molecule has 0 bridgehead atoms. The Morgan fingerprint density at radius 1 is 1.53 bits per heavy atom. The highest BCUT2D eigenvalue weighted by Gasteiger charge is 2.19. The molecule has 0 radical (unpaired) electrons. The summed E-state index contributed by atoms with van der Waals surface area (Å²) in [6.07, 6.45) is 3.19. The third kappa shape index (κ3) is 4.18. The third-order valence-electron chi connectivity index (χ3n) is 3.07. The Morgan fingerprint density at radius 3 is 2.80 bits per heavy atom. The lowest BCUT2D eigenvalue weighted by molar-refractivity contribution is -0.128. The molecule has 0 spiro atoms. The zero-order chi connectivity index (χ0) is 11.3. The van der Waals surface area contributed by atoms with Gasteiger partial charge in [0, 0.05) is 39.6 Å². The predicted molar refractivity (Wildman–Crippen MR) is 61.8 cm³/mol. The van der Waals surface area contributed by atoms with Crippen LogP contribution in [0.15, 0.2) is 0 Å². The second-order valence-electron chi connectivity index (χ2n) is 4.52. The van der Waals surface area contributed by atoms with Crippen molar-refractivity contribution in [2.75, 3.05) is 40.8 Å². The highest BCUT2D eigenvalue weighted by Crippen LogP contribution is 2.13. The van der Waals surface area contributed by atoms with E-state index in [-0.39, 0.29) is 5.91 Å². The Kier molecular flexibility index (Phi) is 5.05. The van der Waals surface area contributed by atoms with Crippen LogP contribution < -0.4 is 5.32 Å². The van der Waals surface area contributed by atoms with Crippen LogP contribution in [0.4, 0.5) is 0 Å². The third-order valence-corrected chi connectivity index (χ3v) is 3.07. The molecule has 1 saturated heterocycles. The van der Waals surface area contributed by atoms with Gasteiger partial charge in [-0.3, -0.25) is 4.79 Å². The first-order valence-electron chi connectivity index (χ1n) is 5.72. The lowest BCUT2D eigenvalue weighted by Gasteiger charge is -2.19. The average Bonchev–Trinajstić information content (AvgIpc) is 2.58. The van der Waals surface area contributed by atoms with Crippen LogP contribution in [0.2, 0.25) is 0 Å². The quantitative estimate of drug-likeness (QED) is 0.660. The van der Waals surface area contributed by atoms with Gasteiger partial charge in [0.25, 0.3) is 0 Å². The van der Waals surface area contributed by atoms with E-state index in [4.69, 9.17) is 0 Å². The Labute approximate surface area is 92.6 Å². The lowest BCUT2D eigenvalue weighted by Crippen LogP contribution is -2.37. The largest absolute Gasteiger partial charge is 0.349 e. The van der Waals surface area contributed by atoms with Gasteiger partial charge >= 0.3 is 0 Å². The van der Waals surface area contributed by atoms with Gasteiger partial charge in [0.1, 0.15) is 0 Å². The molecule has 0 aromatic heterocycles. The minimum Gasteiger partial charge on any atom is -0.349 e. The number of likely N-dealkylation sites (tertiary alicyclic amines) is 1. The van der Waals surface area contributed by atoms with Gasteiger partial charge in [0.15, 0.2) is 0 Å². The second-order valence-corrected chi connectivity index (χ2v) is 4.52. The first-order chi connectivity index (χ1) is 7.11. The molecule has 0 aliphatic carbocycles. The molecular formula is C11H23N3O. The molecule has 1 rings (SSSR count). The number of amides is 1. The molecule has 88 valence electrons. The molecule has 1 amide bonds. The maximum Gasteiger partial charge on any atom is 0.223 e. The first-order valence-corrected chi connectivity index (χ1v) is 5.72. The molecular weight excluding hydrogens is 190 g/mol. The standard InChI is InChI=1S/C11H23N3O/c1-13(2)11(15)6-7-12-9-10-5-4-8-14(10)3/h10,12H,4-9H2,1-3H3. The van der Waals surface area contributed by atoms with E-state index in [0.29, 0.717) is 12.5 Å². The van der Waals surface area contributed by atoms with Crippen LogP contribution >= 0.6 is 0 Å². The van der Waals surface area contributed by atoms with Gasteiger partial charge in [-0.05, 0) is 26.4 Å². The average molecular weight is 213 g/mol. The molecule has 0 aromatic rings. The zero-order valence-electron chi connectivity index (χ0n) is 10.1. The molecule has 1 heterocycles. The molecule has 1 aliphatic heterocycles. The van der Waals surface area contributed by atoms with Crippen molar-refractivity contribution < 1.29 is 4.79 Å². The van der Waals surface area contributed by atoms with E-state index in [1.54, 1.807) is 19.0 Å². The van der Waals surface area contributed by atoms with Crippen LogP contribution in [-0.2, 0) is 4.79 Å². The molecule has 15 heavy (non-hydrogen) atoms. The number of hydrogen-bond acceptors (Lipinski definition) is 3. The fourth-order valence-corrected chi connectivity index (χ4v) is 1.92. The Hall–Kier alpha value is -0.610. The van der Waals surface area contributed by atoms with E-state index < -0.39 is 0 Å². The SMILES string of the molecule is CN(C)C(=O)CCNCC1CCCN1C. The number of carbonyl (C=O) groups excluding carboxylic acids is 1. The summed E-state index contributed by atoms with van der Waals surface area (Å²) in [6, 6.07) is 0.666. The molecule has 1 atom stereocenters. The fraction of sp³-hybridized carbons (Fsp3) is 0.909. The van der Waals surface area contributed by atoms with E-state index in [1.165, 1.54) is 19.4 Å². The summed E-state index contributed by atoms with van der Waals surface area (Å²) in [6.45, 7) is 3.02. The van der Waals surface area contributed by atoms with Gasteiger partial charge in [0.05, 0.1) is 0 Å². The summed E-state index contributed by atoms with van der Waals surface area (Å²) in [5.74, 6) is 0.197. The minimum absolute atomic E-state index is 0.197. The Morgan fingerprint density at radius 2 is 2.27 bits per heavy atom. The molecule has 1 aliphatic rings. The number of rotatable bonds is 5. The molecule has 1 N–H and O–H groups in total. The molecule has 4 nitrogen and oxygen atoms in total. The van der Waals surface area contributed by atoms with E-state index in [0.717, 1.165) is 13.1 Å². The van der Waals surface area contributed by atoms with E-state index in [1.807, 2.05) is 0 Å². The smallest absolute Gasteiger partial charge is 0.223 e. The minimum atomic E-state index is 0.197. The number of hydrogen-bond donors (Lipinski definition) is 1. The van der Waals surface area contributed by atoms with Gasteiger partial charge in [-0.25, -0.2) is 0 Å². The van der Waals surface area contributed by atoms with Crippen molar-refractivity contribution in [3.05, 3.63) is 0 Å². The van der Waals surface area contributed by atoms with Crippen molar-refractivity contribution in [1.29, 1.82) is 0 Å². The number of carbonyl (C=O) groups is 1. The van der Waals surface area contributed by atoms with Crippen molar-refractivity contribution in [2.24, 2.45) is 0 Å². The van der Waals surface area contributed by atoms with Crippen LogP contribution in [0.25, 0.3) is 0 Å².